The van der Waals surface area contributed by atoms with Crippen molar-refractivity contribution in [2.45, 2.75) is 6.54 Å². The maximum atomic E-state index is 11.0. The van der Waals surface area contributed by atoms with Crippen LogP contribution in [0.1, 0.15) is 15.9 Å². The summed E-state index contributed by atoms with van der Waals surface area (Å²) < 4.78 is 1.71. The number of hydrogen-bond donors (Lipinski definition) is 3. The van der Waals surface area contributed by atoms with Crippen molar-refractivity contribution in [1.29, 1.82) is 0 Å². The molecule has 2 aromatic heterocycles. The minimum absolute atomic E-state index is 0.198. The first-order chi connectivity index (χ1) is 11.6. The quantitative estimate of drug-likeness (QED) is 0.530. The molecule has 0 saturated heterocycles. The smallest absolute Gasteiger partial charge is 0.335 e. The van der Waals surface area contributed by atoms with E-state index in [1.165, 1.54) is 6.07 Å². The maximum Gasteiger partial charge on any atom is 0.335 e. The van der Waals surface area contributed by atoms with Crippen molar-refractivity contribution in [3.63, 3.8) is 0 Å². The van der Waals surface area contributed by atoms with E-state index >= 15 is 0 Å². The fourth-order valence-corrected chi connectivity index (χ4v) is 2.61. The number of halogens is 1. The molecule has 0 saturated carbocycles. The van der Waals surface area contributed by atoms with Gasteiger partial charge < -0.3 is 10.4 Å². The second-order valence-electron chi connectivity index (χ2n) is 5.31. The van der Waals surface area contributed by atoms with E-state index in [9.17, 15) is 4.79 Å². The van der Waals surface area contributed by atoms with Crippen molar-refractivity contribution in [1.82, 2.24) is 19.6 Å². The molecule has 0 bridgehead atoms. The first-order valence-corrected chi connectivity index (χ1v) is 7.58. The molecule has 0 fully saturated rings. The number of fused-ring (bicyclic) bond motifs is 3. The molecule has 7 nitrogen and oxygen atoms in total. The largest absolute Gasteiger partial charge is 0.478 e. The molecule has 0 radical (unpaired) electrons. The molecule has 0 spiro atoms. The summed E-state index contributed by atoms with van der Waals surface area (Å²) >= 11 is 5.87. The lowest BCUT2D eigenvalue weighted by Crippen LogP contribution is -2.01. The topological polar surface area (TPSA) is 95.3 Å². The van der Waals surface area contributed by atoms with E-state index < -0.39 is 5.97 Å². The second-order valence-corrected chi connectivity index (χ2v) is 5.74. The van der Waals surface area contributed by atoms with Crippen LogP contribution in [-0.2, 0) is 6.54 Å². The first-order valence-electron chi connectivity index (χ1n) is 7.20. The van der Waals surface area contributed by atoms with Gasteiger partial charge in [-0.05, 0) is 35.9 Å². The molecule has 2 heterocycles. The number of anilines is 1. The third kappa shape index (κ3) is 2.55. The molecule has 120 valence electrons. The van der Waals surface area contributed by atoms with Gasteiger partial charge in [0, 0.05) is 11.6 Å². The number of aromatic amines is 1. The lowest BCUT2D eigenvalue weighted by molar-refractivity contribution is 0.0697. The molecule has 24 heavy (non-hydrogen) atoms. The number of H-pyrrole nitrogens is 1. The van der Waals surface area contributed by atoms with Crippen LogP contribution in [0.25, 0.3) is 16.8 Å². The van der Waals surface area contributed by atoms with Gasteiger partial charge in [0.25, 0.3) is 5.78 Å². The van der Waals surface area contributed by atoms with Crippen LogP contribution in [0.2, 0.25) is 5.02 Å². The van der Waals surface area contributed by atoms with Gasteiger partial charge in [0.05, 0.1) is 16.6 Å². The van der Waals surface area contributed by atoms with Crippen LogP contribution in [0, 0.1) is 0 Å². The highest BCUT2D eigenvalue weighted by atomic mass is 35.5. The van der Waals surface area contributed by atoms with Crippen molar-refractivity contribution < 1.29 is 9.90 Å². The van der Waals surface area contributed by atoms with E-state index in [0.717, 1.165) is 11.1 Å². The van der Waals surface area contributed by atoms with Crippen molar-refractivity contribution in [2.24, 2.45) is 0 Å². The van der Waals surface area contributed by atoms with Gasteiger partial charge in [0.1, 0.15) is 0 Å². The summed E-state index contributed by atoms with van der Waals surface area (Å²) in [7, 11) is 0. The predicted molar refractivity (Wildman–Crippen MR) is 90.6 cm³/mol. The normalized spacial score (nSPS) is 11.2. The Morgan fingerprint density at radius 2 is 2.00 bits per heavy atom. The number of carboxylic acids is 1. The summed E-state index contributed by atoms with van der Waals surface area (Å²) in [6, 6.07) is 12.3. The number of aromatic carboxylic acids is 1. The van der Waals surface area contributed by atoms with Crippen molar-refractivity contribution in [3.8, 4) is 0 Å². The van der Waals surface area contributed by atoms with Crippen LogP contribution in [0.15, 0.2) is 42.5 Å². The number of imidazole rings is 1. The SMILES string of the molecule is O=C(O)c1ccc2c(c1)nc1nc(NCc3ccc(Cl)cc3)[nH]n12. The number of carboxylic acid groups (broad SMARTS) is 1. The second kappa shape index (κ2) is 5.54. The molecule has 0 amide bonds. The van der Waals surface area contributed by atoms with E-state index in [1.807, 2.05) is 24.3 Å². The Bertz CT molecular complexity index is 1050. The number of benzene rings is 2. The first kappa shape index (κ1) is 14.5. The van der Waals surface area contributed by atoms with Gasteiger partial charge in [-0.3, -0.25) is 5.10 Å². The monoisotopic (exact) mass is 341 g/mol. The maximum absolute atomic E-state index is 11.0. The molecule has 4 aromatic rings. The van der Waals surface area contributed by atoms with Gasteiger partial charge in [-0.2, -0.15) is 4.98 Å². The van der Waals surface area contributed by atoms with Gasteiger partial charge >= 0.3 is 5.97 Å². The highest BCUT2D eigenvalue weighted by Gasteiger charge is 2.12. The molecule has 0 atom stereocenters. The zero-order valence-electron chi connectivity index (χ0n) is 12.3. The molecule has 0 aliphatic carbocycles. The molecule has 0 aliphatic heterocycles. The molecular weight excluding hydrogens is 330 g/mol. The number of nitrogens with one attached hydrogen (secondary N) is 2. The Morgan fingerprint density at radius 3 is 2.75 bits per heavy atom. The van der Waals surface area contributed by atoms with Gasteiger partial charge in [-0.15, -0.1) is 0 Å². The Hall–Kier alpha value is -3.06. The molecule has 4 rings (SSSR count). The molecule has 2 aromatic carbocycles. The van der Waals surface area contributed by atoms with Crippen LogP contribution >= 0.6 is 11.6 Å². The minimum atomic E-state index is -0.980. The van der Waals surface area contributed by atoms with E-state index in [-0.39, 0.29) is 5.56 Å². The lowest BCUT2D eigenvalue weighted by Gasteiger charge is -2.02. The average molecular weight is 342 g/mol. The van der Waals surface area contributed by atoms with Crippen LogP contribution in [-0.4, -0.2) is 30.7 Å². The Kier molecular flexibility index (Phi) is 3.35. The third-order valence-corrected chi connectivity index (χ3v) is 3.94. The van der Waals surface area contributed by atoms with Crippen LogP contribution in [0.3, 0.4) is 0 Å². The lowest BCUT2D eigenvalue weighted by atomic mass is 10.2. The minimum Gasteiger partial charge on any atom is -0.478 e. The van der Waals surface area contributed by atoms with Crippen molar-refractivity contribution >= 4 is 40.3 Å². The Morgan fingerprint density at radius 1 is 1.21 bits per heavy atom. The zero-order valence-corrected chi connectivity index (χ0v) is 13.1. The van der Waals surface area contributed by atoms with Gasteiger partial charge in [0.2, 0.25) is 5.95 Å². The summed E-state index contributed by atoms with van der Waals surface area (Å²) in [4.78, 5) is 19.7. The Labute approximate surface area is 140 Å². The summed E-state index contributed by atoms with van der Waals surface area (Å²) in [5, 5.41) is 16.0. The molecule has 0 unspecified atom stereocenters. The Balaban J connectivity index is 1.61. The summed E-state index contributed by atoms with van der Waals surface area (Å²) in [6.45, 7) is 0.592. The van der Waals surface area contributed by atoms with E-state index in [1.54, 1.807) is 16.6 Å². The average Bonchev–Trinajstić information content (AvgIpc) is 3.10. The van der Waals surface area contributed by atoms with Crippen LogP contribution in [0.4, 0.5) is 5.95 Å². The van der Waals surface area contributed by atoms with Crippen molar-refractivity contribution in [2.75, 3.05) is 5.32 Å². The van der Waals surface area contributed by atoms with Gasteiger partial charge in [0.15, 0.2) is 0 Å². The number of carbonyl (C=O) groups is 1. The predicted octanol–water partition coefficient (Wildman–Crippen LogP) is 3.17. The fourth-order valence-electron chi connectivity index (χ4n) is 2.48. The highest BCUT2D eigenvalue weighted by molar-refractivity contribution is 6.30. The number of rotatable bonds is 4. The molecular formula is C16H12ClN5O2. The summed E-state index contributed by atoms with van der Waals surface area (Å²) in [5.74, 6) is 0.0784. The molecule has 0 aliphatic rings. The standard InChI is InChI=1S/C16H12ClN5O2/c17-11-4-1-9(2-5-11)8-18-15-20-16-19-12-7-10(14(23)24)3-6-13(12)22(16)21-15/h1-7H,8H2,(H,23,24)(H2,18,19,20,21). The van der Waals surface area contributed by atoms with Gasteiger partial charge in [-0.1, -0.05) is 23.7 Å². The van der Waals surface area contributed by atoms with Crippen molar-refractivity contribution in [3.05, 3.63) is 58.6 Å². The summed E-state index contributed by atoms with van der Waals surface area (Å²) in [6.07, 6.45) is 0. The van der Waals surface area contributed by atoms with E-state index in [2.05, 4.69) is 20.4 Å². The van der Waals surface area contributed by atoms with Crippen LogP contribution < -0.4 is 5.32 Å². The number of nitrogens with zero attached hydrogens (tertiary/aromatic N) is 3. The highest BCUT2D eigenvalue weighted by Crippen LogP contribution is 2.18. The fraction of sp³-hybridized carbons (Fsp3) is 0.0625. The number of hydrogen-bond acceptors (Lipinski definition) is 4. The number of aromatic nitrogens is 4. The zero-order chi connectivity index (χ0) is 16.7. The van der Waals surface area contributed by atoms with E-state index in [0.29, 0.717) is 28.8 Å². The van der Waals surface area contributed by atoms with Crippen LogP contribution in [0.5, 0.6) is 0 Å². The van der Waals surface area contributed by atoms with Gasteiger partial charge in [-0.25, -0.2) is 14.3 Å². The molecule has 8 heteroatoms. The third-order valence-electron chi connectivity index (χ3n) is 3.69. The van der Waals surface area contributed by atoms with E-state index in [4.69, 9.17) is 16.7 Å². The molecule has 3 N–H and O–H groups in total. The summed E-state index contributed by atoms with van der Waals surface area (Å²) in [5.41, 5.74) is 2.62.